The van der Waals surface area contributed by atoms with E-state index in [-0.39, 0.29) is 5.54 Å². The van der Waals surface area contributed by atoms with E-state index in [2.05, 4.69) is 5.16 Å². The molecule has 2 rings (SSSR count). The van der Waals surface area contributed by atoms with Crippen molar-refractivity contribution in [3.8, 4) is 5.95 Å². The Kier molecular flexibility index (Phi) is 2.00. The molecule has 2 N–H and O–H groups in total. The number of nitrogens with zero attached hydrogens (tertiary/aromatic N) is 1. The summed E-state index contributed by atoms with van der Waals surface area (Å²) in [5, 5.41) is 3.67. The van der Waals surface area contributed by atoms with Crippen LogP contribution in [0.25, 0.3) is 0 Å². The zero-order chi connectivity index (χ0) is 9.31. The molecule has 1 aliphatic rings. The lowest BCUT2D eigenvalue weighted by Crippen LogP contribution is -2.22. The Morgan fingerprint density at radius 1 is 1.69 bits per heavy atom. The maximum atomic E-state index is 5.96. The van der Waals surface area contributed by atoms with Crippen LogP contribution in [-0.4, -0.2) is 17.8 Å². The van der Waals surface area contributed by atoms with Crippen LogP contribution in [0.15, 0.2) is 10.7 Å². The maximum absolute atomic E-state index is 5.96. The summed E-state index contributed by atoms with van der Waals surface area (Å²) in [7, 11) is 1.58. The Morgan fingerprint density at radius 3 is 3.08 bits per heavy atom. The molecule has 0 unspecified atom stereocenters. The van der Waals surface area contributed by atoms with Gasteiger partial charge in [-0.2, -0.15) is 0 Å². The van der Waals surface area contributed by atoms with Gasteiger partial charge in [-0.05, 0) is 25.7 Å². The van der Waals surface area contributed by atoms with Gasteiger partial charge in [0.15, 0.2) is 0 Å². The summed E-state index contributed by atoms with van der Waals surface area (Å²) in [5.74, 6) is 0.518. The van der Waals surface area contributed by atoms with Gasteiger partial charge in [-0.1, -0.05) is 5.16 Å². The van der Waals surface area contributed by atoms with E-state index >= 15 is 0 Å². The van der Waals surface area contributed by atoms with Crippen molar-refractivity contribution in [2.75, 3.05) is 7.11 Å². The highest BCUT2D eigenvalue weighted by atomic mass is 16.6. The van der Waals surface area contributed by atoms with Gasteiger partial charge in [-0.3, -0.25) is 0 Å². The lowest BCUT2D eigenvalue weighted by atomic mass is 10.1. The van der Waals surface area contributed by atoms with Crippen LogP contribution in [-0.2, 0) is 6.42 Å². The fourth-order valence-corrected chi connectivity index (χ4v) is 1.38. The van der Waals surface area contributed by atoms with E-state index in [1.165, 1.54) is 0 Å². The molecule has 0 atom stereocenters. The van der Waals surface area contributed by atoms with Gasteiger partial charge in [0.2, 0.25) is 0 Å². The van der Waals surface area contributed by atoms with Gasteiger partial charge < -0.3 is 15.0 Å². The quantitative estimate of drug-likeness (QED) is 0.757. The molecule has 1 aliphatic carbocycles. The van der Waals surface area contributed by atoms with Crippen LogP contribution in [0.3, 0.4) is 0 Å². The molecular weight excluding hydrogens is 168 g/mol. The molecule has 0 aromatic carbocycles. The predicted octanol–water partition coefficient (Wildman–Crippen LogP) is 1.11. The summed E-state index contributed by atoms with van der Waals surface area (Å²) in [4.78, 5) is 0. The average Bonchev–Trinajstić information content (AvgIpc) is 2.69. The number of ether oxygens (including phenoxy) is 1. The molecule has 0 aliphatic heterocycles. The highest BCUT2D eigenvalue weighted by molar-refractivity contribution is 5.20. The zero-order valence-corrected chi connectivity index (χ0v) is 7.75. The molecule has 1 heterocycles. The van der Waals surface area contributed by atoms with E-state index in [0.717, 1.165) is 31.2 Å². The van der Waals surface area contributed by atoms with Gasteiger partial charge in [0.05, 0.1) is 18.9 Å². The third-order valence-electron chi connectivity index (χ3n) is 2.58. The molecular formula is C9H14N2O2. The molecule has 1 aromatic heterocycles. The number of methoxy groups -OCH3 is 1. The Balaban J connectivity index is 1.93. The first-order chi connectivity index (χ1) is 6.23. The monoisotopic (exact) mass is 182 g/mol. The third kappa shape index (κ3) is 1.83. The SMILES string of the molecule is COc1oncc1CCC1(N)CC1. The second-order valence-electron chi connectivity index (χ2n) is 3.70. The summed E-state index contributed by atoms with van der Waals surface area (Å²) < 4.78 is 9.89. The van der Waals surface area contributed by atoms with E-state index in [1.807, 2.05) is 0 Å². The minimum atomic E-state index is 0.0856. The van der Waals surface area contributed by atoms with Gasteiger partial charge in [-0.25, -0.2) is 0 Å². The highest BCUT2D eigenvalue weighted by Gasteiger charge is 2.37. The normalized spacial score (nSPS) is 18.6. The third-order valence-corrected chi connectivity index (χ3v) is 2.58. The fraction of sp³-hybridized carbons (Fsp3) is 0.667. The lowest BCUT2D eigenvalue weighted by Gasteiger charge is -2.06. The van der Waals surface area contributed by atoms with Gasteiger partial charge in [0.25, 0.3) is 0 Å². The van der Waals surface area contributed by atoms with E-state index in [0.29, 0.717) is 5.95 Å². The number of hydrogen-bond donors (Lipinski definition) is 1. The van der Waals surface area contributed by atoms with Crippen molar-refractivity contribution in [3.05, 3.63) is 11.8 Å². The van der Waals surface area contributed by atoms with E-state index < -0.39 is 0 Å². The Hall–Kier alpha value is -1.03. The van der Waals surface area contributed by atoms with Crippen LogP contribution in [0, 0.1) is 0 Å². The second-order valence-corrected chi connectivity index (χ2v) is 3.70. The Bertz CT molecular complexity index is 292. The summed E-state index contributed by atoms with van der Waals surface area (Å²) in [6.07, 6.45) is 5.86. The second kappa shape index (κ2) is 3.03. The van der Waals surface area contributed by atoms with Gasteiger partial charge in [0.1, 0.15) is 0 Å². The number of rotatable bonds is 4. The van der Waals surface area contributed by atoms with Crippen molar-refractivity contribution in [3.63, 3.8) is 0 Å². The van der Waals surface area contributed by atoms with Crippen LogP contribution in [0.2, 0.25) is 0 Å². The van der Waals surface area contributed by atoms with Crippen molar-refractivity contribution < 1.29 is 9.26 Å². The molecule has 4 nitrogen and oxygen atoms in total. The summed E-state index contributed by atoms with van der Waals surface area (Å²) >= 11 is 0. The molecule has 4 heteroatoms. The molecule has 0 bridgehead atoms. The zero-order valence-electron chi connectivity index (χ0n) is 7.75. The summed E-state index contributed by atoms with van der Waals surface area (Å²) in [6, 6.07) is 0. The summed E-state index contributed by atoms with van der Waals surface area (Å²) in [5.41, 5.74) is 7.06. The van der Waals surface area contributed by atoms with Crippen molar-refractivity contribution in [1.29, 1.82) is 0 Å². The number of hydrogen-bond acceptors (Lipinski definition) is 4. The number of aromatic nitrogens is 1. The molecule has 13 heavy (non-hydrogen) atoms. The van der Waals surface area contributed by atoms with Crippen molar-refractivity contribution in [2.45, 2.75) is 31.2 Å². The fourth-order valence-electron chi connectivity index (χ4n) is 1.38. The van der Waals surface area contributed by atoms with Gasteiger partial charge in [0, 0.05) is 5.54 Å². The smallest absolute Gasteiger partial charge is 0.314 e. The largest absolute Gasteiger partial charge is 0.467 e. The molecule has 0 saturated heterocycles. The van der Waals surface area contributed by atoms with Crippen LogP contribution < -0.4 is 10.5 Å². The van der Waals surface area contributed by atoms with E-state index in [9.17, 15) is 0 Å². The molecule has 0 radical (unpaired) electrons. The predicted molar refractivity (Wildman–Crippen MR) is 47.5 cm³/mol. The maximum Gasteiger partial charge on any atom is 0.314 e. The molecule has 1 fully saturated rings. The van der Waals surface area contributed by atoms with Crippen LogP contribution in [0.4, 0.5) is 0 Å². The molecule has 72 valence electrons. The number of nitrogens with two attached hydrogens (primary N) is 1. The first-order valence-electron chi connectivity index (χ1n) is 4.50. The van der Waals surface area contributed by atoms with Crippen LogP contribution in [0.1, 0.15) is 24.8 Å². The van der Waals surface area contributed by atoms with Gasteiger partial charge in [-0.15, -0.1) is 0 Å². The van der Waals surface area contributed by atoms with E-state index in [4.69, 9.17) is 15.0 Å². The van der Waals surface area contributed by atoms with Crippen molar-refractivity contribution in [1.82, 2.24) is 5.16 Å². The first-order valence-corrected chi connectivity index (χ1v) is 4.50. The minimum Gasteiger partial charge on any atom is -0.467 e. The molecule has 0 amide bonds. The first kappa shape index (κ1) is 8.56. The highest BCUT2D eigenvalue weighted by Crippen LogP contribution is 2.37. The average molecular weight is 182 g/mol. The lowest BCUT2D eigenvalue weighted by molar-refractivity contribution is 0.258. The van der Waals surface area contributed by atoms with Gasteiger partial charge >= 0.3 is 5.95 Å². The Labute approximate surface area is 77.0 Å². The molecule has 1 saturated carbocycles. The standard InChI is InChI=1S/C9H14N2O2/c1-12-8-7(6-11-13-8)2-3-9(10)4-5-9/h6H,2-5,10H2,1H3. The molecule has 0 spiro atoms. The number of aryl methyl sites for hydroxylation is 1. The summed E-state index contributed by atoms with van der Waals surface area (Å²) in [6.45, 7) is 0. The van der Waals surface area contributed by atoms with Crippen molar-refractivity contribution in [2.24, 2.45) is 5.73 Å². The van der Waals surface area contributed by atoms with Crippen LogP contribution >= 0.6 is 0 Å². The van der Waals surface area contributed by atoms with Crippen LogP contribution in [0.5, 0.6) is 5.95 Å². The van der Waals surface area contributed by atoms with Crippen molar-refractivity contribution >= 4 is 0 Å². The Morgan fingerprint density at radius 2 is 2.46 bits per heavy atom. The minimum absolute atomic E-state index is 0.0856. The van der Waals surface area contributed by atoms with E-state index in [1.54, 1.807) is 13.3 Å². The molecule has 1 aromatic rings. The topological polar surface area (TPSA) is 61.3 Å².